The Kier molecular flexibility index (Phi) is 3.73. The smallest absolute Gasteiger partial charge is 0.249 e. The summed E-state index contributed by atoms with van der Waals surface area (Å²) in [4.78, 5) is 31.6. The van der Waals surface area contributed by atoms with E-state index >= 15 is 0 Å². The van der Waals surface area contributed by atoms with Crippen molar-refractivity contribution in [1.82, 2.24) is 15.2 Å². The first-order chi connectivity index (χ1) is 10.1. The molecule has 6 heteroatoms. The van der Waals surface area contributed by atoms with Gasteiger partial charge in [0.05, 0.1) is 6.54 Å². The van der Waals surface area contributed by atoms with Gasteiger partial charge in [-0.05, 0) is 31.6 Å². The number of amides is 2. The molecule has 2 amide bonds. The third-order valence-electron chi connectivity index (χ3n) is 4.70. The lowest BCUT2D eigenvalue weighted by Gasteiger charge is -2.45. The highest BCUT2D eigenvalue weighted by Gasteiger charge is 2.53. The van der Waals surface area contributed by atoms with Crippen molar-refractivity contribution in [2.45, 2.75) is 57.7 Å². The number of thiazole rings is 1. The molecular weight excluding hydrogens is 286 g/mol. The number of hydrogen-bond donors (Lipinski definition) is 1. The third kappa shape index (κ3) is 2.46. The van der Waals surface area contributed by atoms with Crippen molar-refractivity contribution in [3.8, 4) is 0 Å². The van der Waals surface area contributed by atoms with E-state index in [0.717, 1.165) is 17.8 Å². The molecule has 3 rings (SSSR count). The summed E-state index contributed by atoms with van der Waals surface area (Å²) in [5.41, 5.74) is -0.736. The van der Waals surface area contributed by atoms with Gasteiger partial charge in [0.25, 0.3) is 0 Å². The van der Waals surface area contributed by atoms with Crippen LogP contribution < -0.4 is 5.32 Å². The zero-order valence-electron chi connectivity index (χ0n) is 12.5. The standard InChI is InChI=1S/C15H21N3O2S/c1-3-15(4-2)14(20)18(9-11-16-7-8-21-11)12(10-5-6-10)13(19)17-15/h7-8,10,12H,3-6,9H2,1-2H3,(H,17,19). The Morgan fingerprint density at radius 2 is 2.10 bits per heavy atom. The molecule has 0 aromatic carbocycles. The maximum atomic E-state index is 13.0. The highest BCUT2D eigenvalue weighted by Crippen LogP contribution is 2.39. The molecule has 1 N–H and O–H groups in total. The predicted octanol–water partition coefficient (Wildman–Crippen LogP) is 1.94. The Labute approximate surface area is 128 Å². The molecule has 114 valence electrons. The molecule has 0 bridgehead atoms. The van der Waals surface area contributed by atoms with E-state index in [-0.39, 0.29) is 17.9 Å². The minimum atomic E-state index is -0.736. The maximum absolute atomic E-state index is 13.0. The molecule has 0 radical (unpaired) electrons. The van der Waals surface area contributed by atoms with Crippen LogP contribution in [0.2, 0.25) is 0 Å². The van der Waals surface area contributed by atoms with Gasteiger partial charge < -0.3 is 10.2 Å². The van der Waals surface area contributed by atoms with E-state index in [0.29, 0.717) is 25.3 Å². The van der Waals surface area contributed by atoms with Gasteiger partial charge in [0.15, 0.2) is 0 Å². The molecule has 2 aliphatic rings. The average molecular weight is 307 g/mol. The Morgan fingerprint density at radius 1 is 1.38 bits per heavy atom. The van der Waals surface area contributed by atoms with Crippen LogP contribution in [0.4, 0.5) is 0 Å². The van der Waals surface area contributed by atoms with Crippen molar-refractivity contribution in [2.75, 3.05) is 0 Å². The third-order valence-corrected chi connectivity index (χ3v) is 5.47. The minimum absolute atomic E-state index is 0.0114. The van der Waals surface area contributed by atoms with E-state index in [9.17, 15) is 9.59 Å². The topological polar surface area (TPSA) is 62.3 Å². The first kappa shape index (κ1) is 14.5. The second-order valence-electron chi connectivity index (χ2n) is 5.92. The van der Waals surface area contributed by atoms with Crippen molar-refractivity contribution < 1.29 is 9.59 Å². The quantitative estimate of drug-likeness (QED) is 0.904. The van der Waals surface area contributed by atoms with Crippen molar-refractivity contribution in [3.63, 3.8) is 0 Å². The summed E-state index contributed by atoms with van der Waals surface area (Å²) in [5, 5.41) is 5.81. The van der Waals surface area contributed by atoms with Crippen LogP contribution >= 0.6 is 11.3 Å². The molecule has 21 heavy (non-hydrogen) atoms. The average Bonchev–Trinajstić information content (AvgIpc) is 3.18. The van der Waals surface area contributed by atoms with Gasteiger partial charge in [0.2, 0.25) is 11.8 Å². The Morgan fingerprint density at radius 3 is 2.62 bits per heavy atom. The first-order valence-corrected chi connectivity index (χ1v) is 8.50. The molecule has 1 saturated carbocycles. The molecule has 1 aromatic heterocycles. The number of aromatic nitrogens is 1. The van der Waals surface area contributed by atoms with Crippen LogP contribution in [0.1, 0.15) is 44.5 Å². The highest BCUT2D eigenvalue weighted by atomic mass is 32.1. The van der Waals surface area contributed by atoms with E-state index in [4.69, 9.17) is 0 Å². The number of carbonyl (C=O) groups excluding carboxylic acids is 2. The molecule has 1 atom stereocenters. The second kappa shape index (κ2) is 5.40. The normalized spacial score (nSPS) is 25.0. The number of rotatable bonds is 5. The van der Waals surface area contributed by atoms with Gasteiger partial charge in [0, 0.05) is 11.6 Å². The fraction of sp³-hybridized carbons (Fsp3) is 0.667. The largest absolute Gasteiger partial charge is 0.340 e. The summed E-state index contributed by atoms with van der Waals surface area (Å²) in [6.45, 7) is 4.37. The second-order valence-corrected chi connectivity index (χ2v) is 6.90. The minimum Gasteiger partial charge on any atom is -0.340 e. The molecule has 5 nitrogen and oxygen atoms in total. The summed E-state index contributed by atoms with van der Waals surface area (Å²) < 4.78 is 0. The molecule has 2 fully saturated rings. The van der Waals surface area contributed by atoms with Crippen LogP contribution in [-0.2, 0) is 16.1 Å². The number of carbonyl (C=O) groups is 2. The summed E-state index contributed by atoms with van der Waals surface area (Å²) in [7, 11) is 0. The molecule has 1 aliphatic heterocycles. The fourth-order valence-corrected chi connectivity index (χ4v) is 3.78. The summed E-state index contributed by atoms with van der Waals surface area (Å²) in [5.74, 6) is 0.386. The molecule has 1 unspecified atom stereocenters. The Hall–Kier alpha value is -1.43. The number of nitrogens with one attached hydrogen (secondary N) is 1. The van der Waals surface area contributed by atoms with Crippen molar-refractivity contribution in [3.05, 3.63) is 16.6 Å². The number of piperazine rings is 1. The van der Waals surface area contributed by atoms with Crippen LogP contribution in [0.15, 0.2) is 11.6 Å². The number of hydrogen-bond acceptors (Lipinski definition) is 4. The zero-order chi connectivity index (χ0) is 15.0. The van der Waals surface area contributed by atoms with Gasteiger partial charge in [-0.2, -0.15) is 0 Å². The van der Waals surface area contributed by atoms with Gasteiger partial charge in [0.1, 0.15) is 16.6 Å². The first-order valence-electron chi connectivity index (χ1n) is 7.62. The van der Waals surface area contributed by atoms with Crippen molar-refractivity contribution in [1.29, 1.82) is 0 Å². The lowest BCUT2D eigenvalue weighted by atomic mass is 9.86. The van der Waals surface area contributed by atoms with Crippen LogP contribution in [0.5, 0.6) is 0 Å². The SMILES string of the molecule is CCC1(CC)NC(=O)C(C2CC2)N(Cc2nccs2)C1=O. The molecule has 1 aliphatic carbocycles. The van der Waals surface area contributed by atoms with Crippen LogP contribution in [0.3, 0.4) is 0 Å². The Bertz CT molecular complexity index is 535. The maximum Gasteiger partial charge on any atom is 0.249 e. The van der Waals surface area contributed by atoms with Crippen LogP contribution in [0.25, 0.3) is 0 Å². The molecular formula is C15H21N3O2S. The van der Waals surface area contributed by atoms with E-state index in [1.54, 1.807) is 11.1 Å². The Balaban J connectivity index is 1.92. The van der Waals surface area contributed by atoms with E-state index in [1.807, 2.05) is 19.2 Å². The predicted molar refractivity (Wildman–Crippen MR) is 80.6 cm³/mol. The van der Waals surface area contributed by atoms with E-state index < -0.39 is 5.54 Å². The van der Waals surface area contributed by atoms with Crippen LogP contribution in [0, 0.1) is 5.92 Å². The lowest BCUT2D eigenvalue weighted by Crippen LogP contribution is -2.70. The molecule has 2 heterocycles. The van der Waals surface area contributed by atoms with E-state index in [2.05, 4.69) is 10.3 Å². The zero-order valence-corrected chi connectivity index (χ0v) is 13.3. The van der Waals surface area contributed by atoms with Crippen molar-refractivity contribution in [2.24, 2.45) is 5.92 Å². The van der Waals surface area contributed by atoms with E-state index in [1.165, 1.54) is 11.3 Å². The highest BCUT2D eigenvalue weighted by molar-refractivity contribution is 7.09. The molecule has 1 aromatic rings. The number of nitrogens with zero attached hydrogens (tertiary/aromatic N) is 2. The summed E-state index contributed by atoms with van der Waals surface area (Å²) in [6, 6.07) is -0.312. The monoisotopic (exact) mass is 307 g/mol. The molecule has 0 spiro atoms. The van der Waals surface area contributed by atoms with Gasteiger partial charge in [-0.1, -0.05) is 13.8 Å². The fourth-order valence-electron chi connectivity index (χ4n) is 3.16. The van der Waals surface area contributed by atoms with Crippen molar-refractivity contribution >= 4 is 23.2 Å². The lowest BCUT2D eigenvalue weighted by molar-refractivity contribution is -0.157. The molecule has 1 saturated heterocycles. The summed E-state index contributed by atoms with van der Waals surface area (Å²) >= 11 is 1.53. The van der Waals surface area contributed by atoms with Gasteiger partial charge >= 0.3 is 0 Å². The van der Waals surface area contributed by atoms with Gasteiger partial charge in [-0.3, -0.25) is 9.59 Å². The van der Waals surface area contributed by atoms with Gasteiger partial charge in [-0.25, -0.2) is 4.98 Å². The van der Waals surface area contributed by atoms with Gasteiger partial charge in [-0.15, -0.1) is 11.3 Å². The summed E-state index contributed by atoms with van der Waals surface area (Å²) in [6.07, 6.45) is 5.06. The van der Waals surface area contributed by atoms with Crippen LogP contribution in [-0.4, -0.2) is 33.3 Å².